The van der Waals surface area contributed by atoms with E-state index in [0.717, 1.165) is 6.26 Å². The molecule has 5 nitrogen and oxygen atoms in total. The molecule has 1 amide bonds. The number of carbonyl (C=O) groups excluding carboxylic acids is 1. The van der Waals surface area contributed by atoms with Gasteiger partial charge in [-0.05, 0) is 24.3 Å². The van der Waals surface area contributed by atoms with E-state index < -0.39 is 15.7 Å². The molecule has 0 aliphatic heterocycles. The van der Waals surface area contributed by atoms with E-state index in [1.54, 1.807) is 36.4 Å². The molecule has 0 aromatic heterocycles. The Kier molecular flexibility index (Phi) is 4.58. The van der Waals surface area contributed by atoms with Gasteiger partial charge in [0, 0.05) is 23.1 Å². The number of hydrogen-bond donors (Lipinski definition) is 2. The number of sulfone groups is 1. The maximum Gasteiger partial charge on any atom is 0.249 e. The summed E-state index contributed by atoms with van der Waals surface area (Å²) in [6, 6.07) is 13.0. The fourth-order valence-electron chi connectivity index (χ4n) is 1.90. The molecule has 2 rings (SSSR count). The number of primary amides is 1. The normalized spacial score (nSPS) is 11.0. The molecule has 0 bridgehead atoms. The van der Waals surface area contributed by atoms with Gasteiger partial charge in [-0.25, -0.2) is 8.42 Å². The molecular formula is C15H14N2O3S2. The fourth-order valence-corrected chi connectivity index (χ4v) is 2.86. The van der Waals surface area contributed by atoms with Gasteiger partial charge >= 0.3 is 0 Å². The molecule has 22 heavy (non-hydrogen) atoms. The Labute approximate surface area is 134 Å². The van der Waals surface area contributed by atoms with Crippen LogP contribution in [0.4, 0.5) is 5.69 Å². The minimum Gasteiger partial charge on any atom is -0.366 e. The van der Waals surface area contributed by atoms with E-state index in [0.29, 0.717) is 21.8 Å². The maximum absolute atomic E-state index is 11.6. The first-order valence-electron chi connectivity index (χ1n) is 6.29. The first-order chi connectivity index (χ1) is 10.3. The van der Waals surface area contributed by atoms with Crippen LogP contribution in [0.25, 0.3) is 0 Å². The van der Waals surface area contributed by atoms with Gasteiger partial charge in [-0.2, -0.15) is 0 Å². The lowest BCUT2D eigenvalue weighted by Gasteiger charge is -2.11. The maximum atomic E-state index is 11.6. The summed E-state index contributed by atoms with van der Waals surface area (Å²) in [4.78, 5) is 11.9. The smallest absolute Gasteiger partial charge is 0.249 e. The van der Waals surface area contributed by atoms with Crippen molar-refractivity contribution in [3.8, 4) is 0 Å². The Hall–Kier alpha value is -2.25. The Balaban J connectivity index is 2.33. The second kappa shape index (κ2) is 6.25. The zero-order chi connectivity index (χ0) is 16.3. The number of nitrogens with one attached hydrogen (secondary N) is 1. The number of anilines is 1. The van der Waals surface area contributed by atoms with Gasteiger partial charge in [0.1, 0.15) is 4.99 Å². The van der Waals surface area contributed by atoms with Crippen molar-refractivity contribution in [1.29, 1.82) is 0 Å². The van der Waals surface area contributed by atoms with Crippen LogP contribution in [0.3, 0.4) is 0 Å². The number of rotatable bonds is 4. The average Bonchev–Trinajstić information content (AvgIpc) is 2.46. The molecule has 114 valence electrons. The summed E-state index contributed by atoms with van der Waals surface area (Å²) in [5.74, 6) is -0.579. The Bertz CT molecular complexity index is 845. The van der Waals surface area contributed by atoms with Crippen LogP contribution in [0.15, 0.2) is 53.4 Å². The molecule has 0 atom stereocenters. The van der Waals surface area contributed by atoms with Gasteiger partial charge in [-0.1, -0.05) is 36.5 Å². The molecule has 0 spiro atoms. The predicted octanol–water partition coefficient (Wildman–Crippen LogP) is 1.98. The van der Waals surface area contributed by atoms with Crippen molar-refractivity contribution in [1.82, 2.24) is 0 Å². The molecule has 2 aromatic carbocycles. The van der Waals surface area contributed by atoms with Crippen molar-refractivity contribution in [3.63, 3.8) is 0 Å². The number of nitrogens with two attached hydrogens (primary N) is 1. The average molecular weight is 334 g/mol. The van der Waals surface area contributed by atoms with Crippen molar-refractivity contribution < 1.29 is 13.2 Å². The fraction of sp³-hybridized carbons (Fsp3) is 0.0667. The van der Waals surface area contributed by atoms with Crippen molar-refractivity contribution in [2.45, 2.75) is 4.90 Å². The Morgan fingerprint density at radius 1 is 1.09 bits per heavy atom. The molecule has 0 aliphatic carbocycles. The second-order valence-corrected chi connectivity index (χ2v) is 7.09. The third-order valence-corrected chi connectivity index (χ3v) is 4.39. The van der Waals surface area contributed by atoms with Gasteiger partial charge in [-0.3, -0.25) is 4.79 Å². The van der Waals surface area contributed by atoms with E-state index in [4.69, 9.17) is 18.0 Å². The van der Waals surface area contributed by atoms with Gasteiger partial charge in [0.15, 0.2) is 9.84 Å². The highest BCUT2D eigenvalue weighted by Gasteiger charge is 2.13. The third-order valence-electron chi connectivity index (χ3n) is 2.96. The van der Waals surface area contributed by atoms with Crippen LogP contribution in [0, 0.1) is 0 Å². The lowest BCUT2D eigenvalue weighted by atomic mass is 10.1. The van der Waals surface area contributed by atoms with Gasteiger partial charge < -0.3 is 11.1 Å². The molecule has 0 saturated heterocycles. The summed E-state index contributed by atoms with van der Waals surface area (Å²) >= 11 is 5.28. The van der Waals surface area contributed by atoms with E-state index in [1.807, 2.05) is 0 Å². The minimum atomic E-state index is -3.30. The predicted molar refractivity (Wildman–Crippen MR) is 89.8 cm³/mol. The molecule has 2 aromatic rings. The lowest BCUT2D eigenvalue weighted by molar-refractivity contribution is 0.1000. The standard InChI is InChI=1S/C15H14N2O3S2/c1-22(19,20)11-6-4-5-10(9-11)17-15(21)13-8-3-2-7-12(13)14(16)18/h2-9H,1H3,(H2,16,18)(H,17,21). The number of amides is 1. The molecule has 3 N–H and O–H groups in total. The number of thiocarbonyl (C=S) groups is 1. The first-order valence-corrected chi connectivity index (χ1v) is 8.59. The van der Waals surface area contributed by atoms with Crippen LogP contribution in [0.1, 0.15) is 15.9 Å². The summed E-state index contributed by atoms with van der Waals surface area (Å²) in [7, 11) is -3.30. The topological polar surface area (TPSA) is 89.3 Å². The SMILES string of the molecule is CS(=O)(=O)c1cccc(NC(=S)c2ccccc2C(N)=O)c1. The van der Waals surface area contributed by atoms with Crippen molar-refractivity contribution in [2.24, 2.45) is 5.73 Å². The van der Waals surface area contributed by atoms with Crippen molar-refractivity contribution in [2.75, 3.05) is 11.6 Å². The summed E-state index contributed by atoms with van der Waals surface area (Å²) in [6.45, 7) is 0. The van der Waals surface area contributed by atoms with Crippen LogP contribution in [-0.2, 0) is 9.84 Å². The van der Waals surface area contributed by atoms with Gasteiger partial charge in [0.05, 0.1) is 4.90 Å². The summed E-state index contributed by atoms with van der Waals surface area (Å²) in [5.41, 5.74) is 6.64. The van der Waals surface area contributed by atoms with Crippen LogP contribution in [-0.4, -0.2) is 25.6 Å². The van der Waals surface area contributed by atoms with Gasteiger partial charge in [0.2, 0.25) is 5.91 Å². The van der Waals surface area contributed by atoms with Crippen molar-refractivity contribution in [3.05, 3.63) is 59.7 Å². The van der Waals surface area contributed by atoms with E-state index in [-0.39, 0.29) is 4.90 Å². The Morgan fingerprint density at radius 2 is 1.73 bits per heavy atom. The minimum absolute atomic E-state index is 0.184. The monoisotopic (exact) mass is 334 g/mol. The van der Waals surface area contributed by atoms with Crippen LogP contribution in [0.2, 0.25) is 0 Å². The van der Waals surface area contributed by atoms with Crippen LogP contribution < -0.4 is 11.1 Å². The molecule has 7 heteroatoms. The molecular weight excluding hydrogens is 320 g/mol. The zero-order valence-corrected chi connectivity index (χ0v) is 13.4. The largest absolute Gasteiger partial charge is 0.366 e. The van der Waals surface area contributed by atoms with Crippen LogP contribution >= 0.6 is 12.2 Å². The van der Waals surface area contributed by atoms with Gasteiger partial charge in [-0.15, -0.1) is 0 Å². The number of carbonyl (C=O) groups is 1. The number of benzene rings is 2. The first kappa shape index (κ1) is 16.1. The quantitative estimate of drug-likeness (QED) is 0.835. The molecule has 0 radical (unpaired) electrons. The molecule has 0 saturated carbocycles. The molecule has 0 fully saturated rings. The summed E-state index contributed by atoms with van der Waals surface area (Å²) in [5, 5.41) is 2.93. The van der Waals surface area contributed by atoms with E-state index in [1.165, 1.54) is 12.1 Å². The van der Waals surface area contributed by atoms with Crippen molar-refractivity contribution >= 4 is 38.6 Å². The van der Waals surface area contributed by atoms with E-state index in [2.05, 4.69) is 5.32 Å². The molecule has 0 aliphatic rings. The summed E-state index contributed by atoms with van der Waals surface area (Å²) in [6.07, 6.45) is 1.13. The lowest BCUT2D eigenvalue weighted by Crippen LogP contribution is -2.19. The highest BCUT2D eigenvalue weighted by Crippen LogP contribution is 2.17. The second-order valence-electron chi connectivity index (χ2n) is 4.66. The zero-order valence-electron chi connectivity index (χ0n) is 11.7. The number of hydrogen-bond acceptors (Lipinski definition) is 4. The summed E-state index contributed by atoms with van der Waals surface area (Å²) < 4.78 is 23.1. The van der Waals surface area contributed by atoms with E-state index in [9.17, 15) is 13.2 Å². The Morgan fingerprint density at radius 3 is 2.32 bits per heavy atom. The third kappa shape index (κ3) is 3.69. The molecule has 0 heterocycles. The van der Waals surface area contributed by atoms with E-state index >= 15 is 0 Å². The molecule has 0 unspecified atom stereocenters. The van der Waals surface area contributed by atoms with Gasteiger partial charge in [0.25, 0.3) is 0 Å². The highest BCUT2D eigenvalue weighted by molar-refractivity contribution is 7.90. The van der Waals surface area contributed by atoms with Crippen LogP contribution in [0.5, 0.6) is 0 Å². The highest BCUT2D eigenvalue weighted by atomic mass is 32.2.